The molecule has 3 nitrogen and oxygen atoms in total. The minimum absolute atomic E-state index is 0.0817. The predicted molar refractivity (Wildman–Crippen MR) is 73.2 cm³/mol. The van der Waals surface area contributed by atoms with Gasteiger partial charge in [-0.1, -0.05) is 18.2 Å². The van der Waals surface area contributed by atoms with E-state index in [0.717, 1.165) is 12.1 Å². The summed E-state index contributed by atoms with van der Waals surface area (Å²) in [6, 6.07) is 6.40. The Kier molecular flexibility index (Phi) is 4.68. The fourth-order valence-corrected chi connectivity index (χ4v) is 2.38. The summed E-state index contributed by atoms with van der Waals surface area (Å²) in [6.45, 7) is 5.75. The van der Waals surface area contributed by atoms with Crippen molar-refractivity contribution in [3.05, 3.63) is 48.3 Å². The molecule has 1 unspecified atom stereocenters. The van der Waals surface area contributed by atoms with Crippen LogP contribution < -0.4 is 5.32 Å². The van der Waals surface area contributed by atoms with Crippen molar-refractivity contribution in [2.45, 2.75) is 18.9 Å². The van der Waals surface area contributed by atoms with Crippen LogP contribution in [0.25, 0.3) is 0 Å². The summed E-state index contributed by atoms with van der Waals surface area (Å²) in [5, 5.41) is 3.26. The van der Waals surface area contributed by atoms with Gasteiger partial charge in [-0.25, -0.2) is 4.39 Å². The van der Waals surface area contributed by atoms with E-state index in [0.29, 0.717) is 25.9 Å². The number of carbonyl (C=O) groups excluding carboxylic acids is 1. The van der Waals surface area contributed by atoms with Gasteiger partial charge in [0.05, 0.1) is 6.04 Å². The maximum absolute atomic E-state index is 13.3. The molecule has 1 aliphatic heterocycles. The lowest BCUT2D eigenvalue weighted by Crippen LogP contribution is -2.48. The Hall–Kier alpha value is -1.68. The molecule has 4 heteroatoms. The standard InChI is InChI=1S/C15H19FN2O/c1-2-3-7-15(19)18-9-8-17-11-14(18)12-5-4-6-13(16)10-12/h2,4-6,10,14,17H,1,3,7-9,11H2. The highest BCUT2D eigenvalue weighted by atomic mass is 19.1. The summed E-state index contributed by atoms with van der Waals surface area (Å²) >= 11 is 0. The Morgan fingerprint density at radius 1 is 1.58 bits per heavy atom. The number of allylic oxidation sites excluding steroid dienone is 1. The zero-order chi connectivity index (χ0) is 13.7. The van der Waals surface area contributed by atoms with E-state index in [1.54, 1.807) is 12.1 Å². The molecule has 1 atom stereocenters. The molecular weight excluding hydrogens is 243 g/mol. The minimum atomic E-state index is -0.262. The molecule has 2 rings (SSSR count). The first-order valence-electron chi connectivity index (χ1n) is 6.59. The first-order chi connectivity index (χ1) is 9.22. The fourth-order valence-electron chi connectivity index (χ4n) is 2.38. The van der Waals surface area contributed by atoms with E-state index >= 15 is 0 Å². The lowest BCUT2D eigenvalue weighted by atomic mass is 10.0. The highest BCUT2D eigenvalue weighted by Crippen LogP contribution is 2.23. The number of nitrogens with zero attached hydrogens (tertiary/aromatic N) is 1. The van der Waals surface area contributed by atoms with E-state index < -0.39 is 0 Å². The van der Waals surface area contributed by atoms with Crippen LogP contribution in [0, 0.1) is 5.82 Å². The third-order valence-corrected chi connectivity index (χ3v) is 3.36. The predicted octanol–water partition coefficient (Wildman–Crippen LogP) is 2.26. The second kappa shape index (κ2) is 6.48. The second-order valence-electron chi connectivity index (χ2n) is 4.69. The summed E-state index contributed by atoms with van der Waals surface area (Å²) in [5.74, 6) is -0.155. The van der Waals surface area contributed by atoms with Crippen molar-refractivity contribution in [1.82, 2.24) is 10.2 Å². The summed E-state index contributed by atoms with van der Waals surface area (Å²) < 4.78 is 13.3. The van der Waals surface area contributed by atoms with Gasteiger partial charge in [0.25, 0.3) is 0 Å². The SMILES string of the molecule is C=CCCC(=O)N1CCNCC1c1cccc(F)c1. The van der Waals surface area contributed by atoms with Gasteiger partial charge in [-0.05, 0) is 24.1 Å². The van der Waals surface area contributed by atoms with Gasteiger partial charge in [-0.2, -0.15) is 0 Å². The number of nitrogens with one attached hydrogen (secondary N) is 1. The zero-order valence-electron chi connectivity index (χ0n) is 10.9. The van der Waals surface area contributed by atoms with Crippen LogP contribution in [0.2, 0.25) is 0 Å². The average molecular weight is 262 g/mol. The molecule has 1 saturated heterocycles. The Bertz CT molecular complexity index is 461. The van der Waals surface area contributed by atoms with E-state index in [2.05, 4.69) is 11.9 Å². The molecule has 0 spiro atoms. The minimum Gasteiger partial charge on any atom is -0.333 e. The highest BCUT2D eigenvalue weighted by Gasteiger charge is 2.27. The molecular formula is C15H19FN2O. The Morgan fingerprint density at radius 2 is 2.42 bits per heavy atom. The lowest BCUT2D eigenvalue weighted by molar-refractivity contribution is -0.134. The van der Waals surface area contributed by atoms with Crippen molar-refractivity contribution < 1.29 is 9.18 Å². The monoisotopic (exact) mass is 262 g/mol. The molecule has 0 aromatic heterocycles. The molecule has 1 heterocycles. The van der Waals surface area contributed by atoms with Gasteiger partial charge < -0.3 is 10.2 Å². The zero-order valence-corrected chi connectivity index (χ0v) is 10.9. The lowest BCUT2D eigenvalue weighted by Gasteiger charge is -2.36. The number of piperazine rings is 1. The van der Waals surface area contributed by atoms with Crippen LogP contribution >= 0.6 is 0 Å². The number of halogens is 1. The first kappa shape index (κ1) is 13.7. The molecule has 0 radical (unpaired) electrons. The van der Waals surface area contributed by atoms with Crippen LogP contribution in [-0.2, 0) is 4.79 Å². The molecule has 102 valence electrons. The number of hydrogen-bond donors (Lipinski definition) is 1. The number of carbonyl (C=O) groups is 1. The Balaban J connectivity index is 2.15. The van der Waals surface area contributed by atoms with Crippen LogP contribution in [0.5, 0.6) is 0 Å². The summed E-state index contributed by atoms with van der Waals surface area (Å²) in [5.41, 5.74) is 0.846. The topological polar surface area (TPSA) is 32.3 Å². The maximum Gasteiger partial charge on any atom is 0.223 e. The summed E-state index contributed by atoms with van der Waals surface area (Å²) in [7, 11) is 0. The van der Waals surface area contributed by atoms with E-state index in [4.69, 9.17) is 0 Å². The van der Waals surface area contributed by atoms with Crippen molar-refractivity contribution in [3.63, 3.8) is 0 Å². The average Bonchev–Trinajstić information content (AvgIpc) is 2.45. The number of rotatable bonds is 4. The quantitative estimate of drug-likeness (QED) is 0.844. The van der Waals surface area contributed by atoms with Gasteiger partial charge in [-0.15, -0.1) is 6.58 Å². The summed E-state index contributed by atoms with van der Waals surface area (Å²) in [6.07, 6.45) is 2.89. The van der Waals surface area contributed by atoms with E-state index in [9.17, 15) is 9.18 Å². The van der Waals surface area contributed by atoms with Crippen LogP contribution in [0.1, 0.15) is 24.4 Å². The van der Waals surface area contributed by atoms with Gasteiger partial charge in [0.1, 0.15) is 5.82 Å². The summed E-state index contributed by atoms with van der Waals surface area (Å²) in [4.78, 5) is 14.0. The Morgan fingerprint density at radius 3 is 3.16 bits per heavy atom. The number of hydrogen-bond acceptors (Lipinski definition) is 2. The second-order valence-corrected chi connectivity index (χ2v) is 4.69. The van der Waals surface area contributed by atoms with Crippen LogP contribution in [0.15, 0.2) is 36.9 Å². The molecule has 1 aliphatic rings. The maximum atomic E-state index is 13.3. The fraction of sp³-hybridized carbons (Fsp3) is 0.400. The smallest absolute Gasteiger partial charge is 0.223 e. The third kappa shape index (κ3) is 3.41. The van der Waals surface area contributed by atoms with Crippen LogP contribution in [0.3, 0.4) is 0 Å². The van der Waals surface area contributed by atoms with Crippen molar-refractivity contribution >= 4 is 5.91 Å². The molecule has 1 amide bonds. The molecule has 0 bridgehead atoms. The number of benzene rings is 1. The third-order valence-electron chi connectivity index (χ3n) is 3.36. The van der Waals surface area contributed by atoms with Gasteiger partial charge in [0.15, 0.2) is 0 Å². The van der Waals surface area contributed by atoms with E-state index in [1.165, 1.54) is 12.1 Å². The van der Waals surface area contributed by atoms with Gasteiger partial charge in [-0.3, -0.25) is 4.79 Å². The molecule has 1 fully saturated rings. The van der Waals surface area contributed by atoms with Gasteiger partial charge in [0.2, 0.25) is 5.91 Å². The van der Waals surface area contributed by atoms with Gasteiger partial charge >= 0.3 is 0 Å². The molecule has 1 aromatic rings. The van der Waals surface area contributed by atoms with Crippen molar-refractivity contribution in [2.24, 2.45) is 0 Å². The molecule has 1 aromatic carbocycles. The molecule has 19 heavy (non-hydrogen) atoms. The molecule has 0 saturated carbocycles. The number of amides is 1. The normalized spacial score (nSPS) is 19.2. The van der Waals surface area contributed by atoms with Gasteiger partial charge in [0, 0.05) is 26.1 Å². The largest absolute Gasteiger partial charge is 0.333 e. The van der Waals surface area contributed by atoms with Crippen molar-refractivity contribution in [1.29, 1.82) is 0 Å². The first-order valence-corrected chi connectivity index (χ1v) is 6.59. The van der Waals surface area contributed by atoms with Crippen molar-refractivity contribution in [2.75, 3.05) is 19.6 Å². The van der Waals surface area contributed by atoms with Crippen LogP contribution in [0.4, 0.5) is 4.39 Å². The Labute approximate surface area is 113 Å². The van der Waals surface area contributed by atoms with Crippen LogP contribution in [-0.4, -0.2) is 30.4 Å². The van der Waals surface area contributed by atoms with E-state index in [-0.39, 0.29) is 17.8 Å². The van der Waals surface area contributed by atoms with Crippen molar-refractivity contribution in [3.8, 4) is 0 Å². The highest BCUT2D eigenvalue weighted by molar-refractivity contribution is 5.77. The van der Waals surface area contributed by atoms with E-state index in [1.807, 2.05) is 11.0 Å². The molecule has 1 N–H and O–H groups in total. The molecule has 0 aliphatic carbocycles.